The second kappa shape index (κ2) is 8.12. The summed E-state index contributed by atoms with van der Waals surface area (Å²) in [5, 5.41) is 2.89. The highest BCUT2D eigenvalue weighted by Gasteiger charge is 2.14. The number of hydrogen-bond acceptors (Lipinski definition) is 2. The van der Waals surface area contributed by atoms with Crippen LogP contribution in [0, 0.1) is 11.6 Å². The van der Waals surface area contributed by atoms with Gasteiger partial charge in [-0.2, -0.15) is 0 Å². The van der Waals surface area contributed by atoms with E-state index in [1.807, 2.05) is 0 Å². The van der Waals surface area contributed by atoms with E-state index in [1.54, 1.807) is 7.05 Å². The van der Waals surface area contributed by atoms with E-state index in [0.717, 1.165) is 0 Å². The first kappa shape index (κ1) is 15.9. The molecule has 1 unspecified atom stereocenters. The molecule has 1 aromatic carbocycles. The molecule has 0 amide bonds. The van der Waals surface area contributed by atoms with Crippen molar-refractivity contribution in [3.63, 3.8) is 0 Å². The second-order valence-electron chi connectivity index (χ2n) is 4.14. The lowest BCUT2D eigenvalue weighted by molar-refractivity contribution is 0.0145. The Hall–Kier alpha value is -1.14. The lowest BCUT2D eigenvalue weighted by atomic mass is 10.0. The number of alkyl halides is 2. The van der Waals surface area contributed by atoms with Crippen LogP contribution in [-0.2, 0) is 11.2 Å². The fourth-order valence-electron chi connectivity index (χ4n) is 1.72. The first-order valence-electron chi connectivity index (χ1n) is 6.00. The van der Waals surface area contributed by atoms with Gasteiger partial charge in [-0.25, -0.2) is 17.6 Å². The molecule has 0 bridgehead atoms. The summed E-state index contributed by atoms with van der Waals surface area (Å²) < 4.78 is 55.3. The normalized spacial score (nSPS) is 12.9. The molecular formula is C13H17F4NO. The monoisotopic (exact) mass is 279 g/mol. The van der Waals surface area contributed by atoms with E-state index in [4.69, 9.17) is 4.74 Å². The smallest absolute Gasteiger partial charge is 0.261 e. The Kier molecular flexibility index (Phi) is 6.80. The van der Waals surface area contributed by atoms with Crippen molar-refractivity contribution in [3.05, 3.63) is 35.4 Å². The summed E-state index contributed by atoms with van der Waals surface area (Å²) >= 11 is 0. The highest BCUT2D eigenvalue weighted by atomic mass is 19.3. The highest BCUT2D eigenvalue weighted by molar-refractivity contribution is 5.20. The molecule has 0 fully saturated rings. The van der Waals surface area contributed by atoms with Crippen molar-refractivity contribution in [2.75, 3.05) is 20.3 Å². The van der Waals surface area contributed by atoms with Crippen LogP contribution in [0.25, 0.3) is 0 Å². The molecule has 0 saturated heterocycles. The summed E-state index contributed by atoms with van der Waals surface area (Å²) in [7, 11) is 1.65. The number of nitrogens with one attached hydrogen (secondary N) is 1. The Morgan fingerprint density at radius 1 is 1.21 bits per heavy atom. The van der Waals surface area contributed by atoms with Crippen LogP contribution in [-0.4, -0.2) is 32.7 Å². The average Bonchev–Trinajstić information content (AvgIpc) is 2.36. The minimum Gasteiger partial charge on any atom is -0.375 e. The van der Waals surface area contributed by atoms with Crippen molar-refractivity contribution >= 4 is 0 Å². The molecule has 6 heteroatoms. The molecule has 1 N–H and O–H groups in total. The maximum Gasteiger partial charge on any atom is 0.261 e. The van der Waals surface area contributed by atoms with Crippen LogP contribution in [0.1, 0.15) is 12.0 Å². The van der Waals surface area contributed by atoms with E-state index in [0.29, 0.717) is 6.42 Å². The molecule has 1 atom stereocenters. The van der Waals surface area contributed by atoms with Gasteiger partial charge in [0.1, 0.15) is 18.2 Å². The van der Waals surface area contributed by atoms with E-state index in [1.165, 1.54) is 18.2 Å². The zero-order chi connectivity index (χ0) is 14.3. The SMILES string of the molecule is CNC(CCOCC(F)F)Cc1c(F)cccc1F. The fourth-order valence-corrected chi connectivity index (χ4v) is 1.72. The Morgan fingerprint density at radius 2 is 1.84 bits per heavy atom. The number of halogens is 4. The predicted molar refractivity (Wildman–Crippen MR) is 64.3 cm³/mol. The Labute approximate surface area is 109 Å². The molecule has 0 heterocycles. The van der Waals surface area contributed by atoms with E-state index in [9.17, 15) is 17.6 Å². The summed E-state index contributed by atoms with van der Waals surface area (Å²) in [6.45, 7) is -0.504. The number of rotatable bonds is 8. The van der Waals surface area contributed by atoms with Crippen LogP contribution in [0.2, 0.25) is 0 Å². The van der Waals surface area contributed by atoms with E-state index >= 15 is 0 Å². The highest BCUT2D eigenvalue weighted by Crippen LogP contribution is 2.15. The van der Waals surface area contributed by atoms with Gasteiger partial charge in [0, 0.05) is 18.2 Å². The van der Waals surface area contributed by atoms with Crippen molar-refractivity contribution in [3.8, 4) is 0 Å². The molecule has 0 spiro atoms. The van der Waals surface area contributed by atoms with E-state index < -0.39 is 24.7 Å². The summed E-state index contributed by atoms with van der Waals surface area (Å²) in [4.78, 5) is 0. The quantitative estimate of drug-likeness (QED) is 0.583. The predicted octanol–water partition coefficient (Wildman–Crippen LogP) is 2.77. The zero-order valence-electron chi connectivity index (χ0n) is 10.6. The third-order valence-electron chi connectivity index (χ3n) is 2.77. The first-order valence-corrected chi connectivity index (χ1v) is 6.00. The van der Waals surface area contributed by atoms with Gasteiger partial charge in [0.05, 0.1) is 0 Å². The van der Waals surface area contributed by atoms with Crippen LogP contribution in [0.4, 0.5) is 17.6 Å². The average molecular weight is 279 g/mol. The van der Waals surface area contributed by atoms with Crippen molar-refractivity contribution in [2.45, 2.75) is 25.3 Å². The second-order valence-corrected chi connectivity index (χ2v) is 4.14. The minimum absolute atomic E-state index is 0.00397. The number of hydrogen-bond donors (Lipinski definition) is 1. The zero-order valence-corrected chi connectivity index (χ0v) is 10.6. The Morgan fingerprint density at radius 3 is 2.37 bits per heavy atom. The maximum absolute atomic E-state index is 13.4. The third-order valence-corrected chi connectivity index (χ3v) is 2.77. The molecular weight excluding hydrogens is 262 g/mol. The molecule has 0 radical (unpaired) electrons. The minimum atomic E-state index is -2.50. The lowest BCUT2D eigenvalue weighted by Crippen LogP contribution is -2.30. The number of benzene rings is 1. The van der Waals surface area contributed by atoms with Crippen LogP contribution in [0.5, 0.6) is 0 Å². The molecule has 1 aromatic rings. The standard InChI is InChI=1S/C13H17F4NO/c1-18-9(5-6-19-8-13(16)17)7-10-11(14)3-2-4-12(10)15/h2-4,9,13,18H,5-8H2,1H3. The van der Waals surface area contributed by atoms with Crippen molar-refractivity contribution < 1.29 is 22.3 Å². The van der Waals surface area contributed by atoms with E-state index in [2.05, 4.69) is 5.32 Å². The van der Waals surface area contributed by atoms with Crippen molar-refractivity contribution in [1.29, 1.82) is 0 Å². The van der Waals surface area contributed by atoms with Crippen LogP contribution in [0.3, 0.4) is 0 Å². The molecule has 0 aliphatic carbocycles. The van der Waals surface area contributed by atoms with Gasteiger partial charge in [0.15, 0.2) is 0 Å². The molecule has 0 aliphatic heterocycles. The van der Waals surface area contributed by atoms with Crippen LogP contribution >= 0.6 is 0 Å². The van der Waals surface area contributed by atoms with Gasteiger partial charge < -0.3 is 10.1 Å². The summed E-state index contributed by atoms with van der Waals surface area (Å²) in [5.74, 6) is -1.21. The summed E-state index contributed by atoms with van der Waals surface area (Å²) in [6, 6.07) is 3.45. The van der Waals surface area contributed by atoms with Crippen LogP contribution in [0.15, 0.2) is 18.2 Å². The largest absolute Gasteiger partial charge is 0.375 e. The molecule has 1 rings (SSSR count). The lowest BCUT2D eigenvalue weighted by Gasteiger charge is -2.17. The summed E-state index contributed by atoms with van der Waals surface area (Å²) in [5.41, 5.74) is -0.00397. The molecule has 19 heavy (non-hydrogen) atoms. The molecule has 2 nitrogen and oxygen atoms in total. The van der Waals surface area contributed by atoms with Crippen molar-refractivity contribution in [1.82, 2.24) is 5.32 Å². The number of likely N-dealkylation sites (N-methyl/N-ethyl adjacent to an activating group) is 1. The molecule has 0 saturated carbocycles. The van der Waals surface area contributed by atoms with Gasteiger partial charge in [-0.05, 0) is 32.0 Å². The first-order chi connectivity index (χ1) is 9.04. The van der Waals surface area contributed by atoms with Gasteiger partial charge >= 0.3 is 0 Å². The van der Waals surface area contributed by atoms with Crippen molar-refractivity contribution in [2.24, 2.45) is 0 Å². The maximum atomic E-state index is 13.4. The Balaban J connectivity index is 2.48. The topological polar surface area (TPSA) is 21.3 Å². The fraction of sp³-hybridized carbons (Fsp3) is 0.538. The Bertz CT molecular complexity index is 367. The van der Waals surface area contributed by atoms with Gasteiger partial charge in [-0.3, -0.25) is 0 Å². The van der Waals surface area contributed by atoms with Gasteiger partial charge in [0.25, 0.3) is 6.43 Å². The van der Waals surface area contributed by atoms with E-state index in [-0.39, 0.29) is 24.6 Å². The summed E-state index contributed by atoms with van der Waals surface area (Å²) in [6.07, 6.45) is -1.96. The third kappa shape index (κ3) is 5.57. The molecule has 0 aromatic heterocycles. The number of ether oxygens (including phenoxy) is 1. The van der Waals surface area contributed by atoms with Gasteiger partial charge in [0.2, 0.25) is 0 Å². The molecule has 0 aliphatic rings. The van der Waals surface area contributed by atoms with Gasteiger partial charge in [-0.1, -0.05) is 6.07 Å². The molecule has 108 valence electrons. The van der Waals surface area contributed by atoms with Gasteiger partial charge in [-0.15, -0.1) is 0 Å². The van der Waals surface area contributed by atoms with Crippen LogP contribution < -0.4 is 5.32 Å².